The van der Waals surface area contributed by atoms with E-state index in [1.807, 2.05) is 0 Å². The second kappa shape index (κ2) is 4.01. The average molecular weight is 346 g/mol. The van der Waals surface area contributed by atoms with Gasteiger partial charge in [-0.05, 0) is 49.7 Å². The molecule has 5 rings (SSSR count). The molecule has 0 amide bonds. The molecule has 4 fully saturated rings. The average Bonchev–Trinajstić information content (AvgIpc) is 2.95. The number of aliphatic hydroxyl groups excluding tert-OH is 1. The lowest BCUT2D eigenvalue weighted by Crippen LogP contribution is -2.50. The standard InChI is InChI=1S/C19H22O6/c1-9-7-17-8-18(9,24)5-3-10(17)19-6-4-11(20)16(2,15(23)25-19)13(19)12(17)14(21)22/h4,6,10-13,20,24H,1,3,5,7-8H2,2H3,(H,21,22)/t10-,11+,12+,13+,16-,17+,18-,19+/m0/s1. The van der Waals surface area contributed by atoms with Crippen molar-refractivity contribution in [2.24, 2.45) is 28.6 Å². The fraction of sp³-hybridized carbons (Fsp3) is 0.684. The molecule has 3 saturated carbocycles. The Morgan fingerprint density at radius 3 is 2.84 bits per heavy atom. The molecule has 8 atom stereocenters. The highest BCUT2D eigenvalue weighted by atomic mass is 16.6. The zero-order valence-electron chi connectivity index (χ0n) is 14.1. The monoisotopic (exact) mass is 346 g/mol. The third kappa shape index (κ3) is 1.36. The SMILES string of the molecule is C=C1C[C@@]23C[C@@]1(O)CC[C@@H]2[C@@]12C=C[C@@H](O)[C@](C)(C(=O)O1)[C@H]2[C@@H]3C(=O)O. The summed E-state index contributed by atoms with van der Waals surface area (Å²) in [5, 5.41) is 31.6. The van der Waals surface area contributed by atoms with Crippen molar-refractivity contribution in [3.05, 3.63) is 24.3 Å². The van der Waals surface area contributed by atoms with Crippen LogP contribution >= 0.6 is 0 Å². The van der Waals surface area contributed by atoms with Crippen LogP contribution in [0.3, 0.4) is 0 Å². The van der Waals surface area contributed by atoms with Gasteiger partial charge >= 0.3 is 11.9 Å². The lowest BCUT2D eigenvalue weighted by molar-refractivity contribution is -0.163. The van der Waals surface area contributed by atoms with Crippen LogP contribution in [0.2, 0.25) is 0 Å². The Labute approximate surface area is 145 Å². The predicted molar refractivity (Wildman–Crippen MR) is 85.2 cm³/mol. The molecule has 0 aromatic heterocycles. The Morgan fingerprint density at radius 2 is 2.16 bits per heavy atom. The number of fused-ring (bicyclic) bond motifs is 1. The lowest BCUT2D eigenvalue weighted by atomic mass is 9.61. The van der Waals surface area contributed by atoms with E-state index < -0.39 is 51.9 Å². The van der Waals surface area contributed by atoms with Gasteiger partial charge in [0.2, 0.25) is 0 Å². The molecule has 4 bridgehead atoms. The van der Waals surface area contributed by atoms with Gasteiger partial charge in [-0.1, -0.05) is 12.7 Å². The Bertz CT molecular complexity index is 772. The van der Waals surface area contributed by atoms with Crippen molar-refractivity contribution in [2.45, 2.75) is 49.9 Å². The van der Waals surface area contributed by atoms with Crippen molar-refractivity contribution in [3.63, 3.8) is 0 Å². The number of rotatable bonds is 1. The van der Waals surface area contributed by atoms with Crippen LogP contribution in [0.15, 0.2) is 24.3 Å². The fourth-order valence-electron chi connectivity index (χ4n) is 7.13. The first-order valence-corrected chi connectivity index (χ1v) is 8.86. The molecular formula is C19H22O6. The smallest absolute Gasteiger partial charge is 0.316 e. The van der Waals surface area contributed by atoms with Gasteiger partial charge in [-0.25, -0.2) is 0 Å². The highest BCUT2D eigenvalue weighted by Gasteiger charge is 2.83. The highest BCUT2D eigenvalue weighted by molar-refractivity contribution is 5.86. The van der Waals surface area contributed by atoms with Crippen molar-refractivity contribution in [3.8, 4) is 0 Å². The van der Waals surface area contributed by atoms with Gasteiger partial charge in [0.25, 0.3) is 0 Å². The van der Waals surface area contributed by atoms with Gasteiger partial charge in [0.1, 0.15) is 11.0 Å². The van der Waals surface area contributed by atoms with Gasteiger partial charge in [-0.2, -0.15) is 0 Å². The molecule has 134 valence electrons. The molecule has 25 heavy (non-hydrogen) atoms. The minimum atomic E-state index is -1.27. The summed E-state index contributed by atoms with van der Waals surface area (Å²) < 4.78 is 5.87. The topological polar surface area (TPSA) is 104 Å². The molecule has 1 heterocycles. The molecule has 0 radical (unpaired) electrons. The number of carbonyl (C=O) groups excluding carboxylic acids is 1. The van der Waals surface area contributed by atoms with E-state index >= 15 is 0 Å². The Morgan fingerprint density at radius 1 is 1.44 bits per heavy atom. The lowest BCUT2D eigenvalue weighted by Gasteiger charge is -2.44. The minimum Gasteiger partial charge on any atom is -0.481 e. The molecular weight excluding hydrogens is 324 g/mol. The maximum Gasteiger partial charge on any atom is 0.316 e. The van der Waals surface area contributed by atoms with E-state index in [9.17, 15) is 24.9 Å². The first-order valence-electron chi connectivity index (χ1n) is 8.86. The number of carboxylic acid groups (broad SMARTS) is 1. The molecule has 0 unspecified atom stereocenters. The van der Waals surface area contributed by atoms with Gasteiger partial charge < -0.3 is 20.1 Å². The maximum atomic E-state index is 12.7. The van der Waals surface area contributed by atoms with Crippen molar-refractivity contribution in [1.82, 2.24) is 0 Å². The molecule has 4 aliphatic carbocycles. The summed E-state index contributed by atoms with van der Waals surface area (Å²) in [6.45, 7) is 5.64. The fourth-order valence-corrected chi connectivity index (χ4v) is 7.13. The van der Waals surface area contributed by atoms with Crippen LogP contribution in [0.25, 0.3) is 0 Å². The van der Waals surface area contributed by atoms with E-state index in [0.29, 0.717) is 31.3 Å². The van der Waals surface area contributed by atoms with Crippen LogP contribution in [0.1, 0.15) is 32.6 Å². The molecule has 1 saturated heterocycles. The van der Waals surface area contributed by atoms with Crippen LogP contribution < -0.4 is 0 Å². The van der Waals surface area contributed by atoms with Crippen molar-refractivity contribution in [2.75, 3.05) is 0 Å². The summed E-state index contributed by atoms with van der Waals surface area (Å²) in [6.07, 6.45) is 4.11. The summed E-state index contributed by atoms with van der Waals surface area (Å²) in [4.78, 5) is 25.1. The van der Waals surface area contributed by atoms with Crippen LogP contribution in [0.5, 0.6) is 0 Å². The van der Waals surface area contributed by atoms with Crippen molar-refractivity contribution < 1.29 is 29.6 Å². The maximum absolute atomic E-state index is 12.7. The Hall–Kier alpha value is -1.66. The predicted octanol–water partition coefficient (Wildman–Crippen LogP) is 1.03. The highest BCUT2D eigenvalue weighted by Crippen LogP contribution is 2.77. The van der Waals surface area contributed by atoms with Crippen molar-refractivity contribution >= 4 is 11.9 Å². The first kappa shape index (κ1) is 15.6. The van der Waals surface area contributed by atoms with Gasteiger partial charge in [0.05, 0.1) is 17.6 Å². The van der Waals surface area contributed by atoms with E-state index in [0.717, 1.165) is 0 Å². The van der Waals surface area contributed by atoms with Crippen LogP contribution in [0.4, 0.5) is 0 Å². The van der Waals surface area contributed by atoms with E-state index in [4.69, 9.17) is 4.74 Å². The molecule has 5 aliphatic rings. The molecule has 1 aliphatic heterocycles. The third-order valence-corrected chi connectivity index (χ3v) is 8.12. The van der Waals surface area contributed by atoms with E-state index in [1.54, 1.807) is 19.1 Å². The quantitative estimate of drug-likeness (QED) is 0.484. The number of aliphatic carboxylic acids is 1. The second-order valence-corrected chi connectivity index (χ2v) is 8.94. The zero-order valence-corrected chi connectivity index (χ0v) is 14.1. The number of hydrogen-bond acceptors (Lipinski definition) is 5. The molecule has 0 aromatic carbocycles. The van der Waals surface area contributed by atoms with Crippen molar-refractivity contribution in [1.29, 1.82) is 0 Å². The number of aliphatic hydroxyl groups is 2. The summed E-state index contributed by atoms with van der Waals surface area (Å²) in [7, 11) is 0. The minimum absolute atomic E-state index is 0.180. The number of ether oxygens (including phenoxy) is 1. The second-order valence-electron chi connectivity index (χ2n) is 8.94. The number of esters is 1. The number of carboxylic acids is 1. The van der Waals surface area contributed by atoms with E-state index in [1.165, 1.54) is 0 Å². The van der Waals surface area contributed by atoms with Crippen LogP contribution in [-0.2, 0) is 14.3 Å². The summed E-state index contributed by atoms with van der Waals surface area (Å²) in [6, 6.07) is 0. The number of hydrogen-bond donors (Lipinski definition) is 3. The Kier molecular flexibility index (Phi) is 2.50. The Balaban J connectivity index is 1.78. The molecule has 0 aromatic rings. The summed E-state index contributed by atoms with van der Waals surface area (Å²) in [5.74, 6) is -3.18. The molecule has 6 nitrogen and oxygen atoms in total. The third-order valence-electron chi connectivity index (χ3n) is 8.12. The normalized spacial score (nSPS) is 58.0. The van der Waals surface area contributed by atoms with Crippen LogP contribution in [-0.4, -0.2) is 44.6 Å². The van der Waals surface area contributed by atoms with E-state index in [2.05, 4.69) is 6.58 Å². The largest absolute Gasteiger partial charge is 0.481 e. The number of carbonyl (C=O) groups is 2. The summed E-state index contributed by atoms with van der Waals surface area (Å²) >= 11 is 0. The van der Waals surface area contributed by atoms with Gasteiger partial charge in [-0.15, -0.1) is 0 Å². The van der Waals surface area contributed by atoms with Gasteiger partial charge in [0.15, 0.2) is 0 Å². The zero-order chi connectivity index (χ0) is 18.0. The van der Waals surface area contributed by atoms with Gasteiger partial charge in [-0.3, -0.25) is 9.59 Å². The molecule has 6 heteroatoms. The molecule has 1 spiro atoms. The summed E-state index contributed by atoms with van der Waals surface area (Å²) in [5.41, 5.74) is -3.29. The van der Waals surface area contributed by atoms with Gasteiger partial charge in [0, 0.05) is 11.8 Å². The van der Waals surface area contributed by atoms with Crippen LogP contribution in [0, 0.1) is 28.6 Å². The van der Waals surface area contributed by atoms with E-state index in [-0.39, 0.29) is 5.92 Å². The first-order chi connectivity index (χ1) is 11.6. The molecule has 3 N–H and O–H groups in total.